The van der Waals surface area contributed by atoms with Crippen molar-refractivity contribution in [3.63, 3.8) is 0 Å². The number of rotatable bonds is 1. The molecule has 0 nitrogen and oxygen atoms in total. The summed E-state index contributed by atoms with van der Waals surface area (Å²) < 4.78 is 0. The van der Waals surface area contributed by atoms with Crippen LogP contribution in [0.2, 0.25) is 0 Å². The van der Waals surface area contributed by atoms with Crippen LogP contribution >= 0.6 is 23.2 Å². The van der Waals surface area contributed by atoms with Crippen molar-refractivity contribution in [2.75, 3.05) is 0 Å². The lowest BCUT2D eigenvalue weighted by Gasteiger charge is -1.97. The van der Waals surface area contributed by atoms with Crippen LogP contribution in [-0.2, 0) is 0 Å². The smallest absolute Gasteiger partial charge is 0.0430 e. The van der Waals surface area contributed by atoms with Gasteiger partial charge in [-0.05, 0) is 26.3 Å². The van der Waals surface area contributed by atoms with E-state index in [1.54, 1.807) is 0 Å². The lowest BCUT2D eigenvalue weighted by atomic mass is 10.2. The van der Waals surface area contributed by atoms with Crippen molar-refractivity contribution in [1.29, 1.82) is 0 Å². The van der Waals surface area contributed by atoms with Gasteiger partial charge in [-0.25, -0.2) is 0 Å². The zero-order chi connectivity index (χ0) is 7.44. The third kappa shape index (κ3) is 2.92. The standard InChI is InChI=1S/C7H10Cl2/c1-5(2)7(9)6(3)4-8/h4H,1-3H3. The third-order valence-corrected chi connectivity index (χ3v) is 1.95. The first-order valence-electron chi connectivity index (χ1n) is 2.70. The van der Waals surface area contributed by atoms with Crippen LogP contribution in [0.15, 0.2) is 21.7 Å². The summed E-state index contributed by atoms with van der Waals surface area (Å²) in [5.74, 6) is 0. The Morgan fingerprint density at radius 3 is 1.78 bits per heavy atom. The fourth-order valence-electron chi connectivity index (χ4n) is 0.442. The van der Waals surface area contributed by atoms with Crippen molar-refractivity contribution in [3.05, 3.63) is 21.7 Å². The number of hydrogen-bond acceptors (Lipinski definition) is 0. The molecule has 0 saturated heterocycles. The van der Waals surface area contributed by atoms with Crippen LogP contribution in [0.5, 0.6) is 0 Å². The van der Waals surface area contributed by atoms with Crippen LogP contribution in [-0.4, -0.2) is 0 Å². The second kappa shape index (κ2) is 3.97. The molecule has 0 bridgehead atoms. The molecule has 0 spiro atoms. The van der Waals surface area contributed by atoms with Gasteiger partial charge >= 0.3 is 0 Å². The van der Waals surface area contributed by atoms with Gasteiger partial charge in [-0.1, -0.05) is 28.8 Å². The van der Waals surface area contributed by atoms with Crippen LogP contribution in [0, 0.1) is 0 Å². The predicted molar refractivity (Wildman–Crippen MR) is 43.8 cm³/mol. The average molecular weight is 165 g/mol. The van der Waals surface area contributed by atoms with E-state index < -0.39 is 0 Å². The number of allylic oxidation sites excluding steroid dienone is 3. The summed E-state index contributed by atoms with van der Waals surface area (Å²) in [6.07, 6.45) is 0. The number of halogens is 2. The Balaban J connectivity index is 4.40. The van der Waals surface area contributed by atoms with Gasteiger partial charge in [0.05, 0.1) is 0 Å². The maximum atomic E-state index is 5.79. The fourth-order valence-corrected chi connectivity index (χ4v) is 0.662. The van der Waals surface area contributed by atoms with Crippen molar-refractivity contribution in [2.24, 2.45) is 0 Å². The zero-order valence-electron chi connectivity index (χ0n) is 5.83. The monoisotopic (exact) mass is 164 g/mol. The first-order chi connectivity index (χ1) is 4.09. The molecule has 0 aliphatic rings. The van der Waals surface area contributed by atoms with Crippen LogP contribution in [0.1, 0.15) is 20.8 Å². The molecule has 0 aromatic carbocycles. The molecule has 2 heteroatoms. The summed E-state index contributed by atoms with van der Waals surface area (Å²) in [4.78, 5) is 0. The van der Waals surface area contributed by atoms with E-state index >= 15 is 0 Å². The Morgan fingerprint density at radius 2 is 1.67 bits per heavy atom. The first kappa shape index (κ1) is 9.06. The molecule has 0 N–H and O–H groups in total. The molecule has 0 atom stereocenters. The molecular formula is C7H10Cl2. The Bertz CT molecular complexity index is 150. The lowest BCUT2D eigenvalue weighted by molar-refractivity contribution is 1.33. The van der Waals surface area contributed by atoms with E-state index in [0.717, 1.165) is 16.2 Å². The highest BCUT2D eigenvalue weighted by Crippen LogP contribution is 2.18. The predicted octanol–water partition coefficient (Wildman–Crippen LogP) is 3.66. The second-order valence-electron chi connectivity index (χ2n) is 2.11. The van der Waals surface area contributed by atoms with Gasteiger partial charge in [-0.2, -0.15) is 0 Å². The van der Waals surface area contributed by atoms with E-state index in [1.165, 1.54) is 5.54 Å². The van der Waals surface area contributed by atoms with E-state index in [1.807, 2.05) is 20.8 Å². The molecule has 0 unspecified atom stereocenters. The highest BCUT2D eigenvalue weighted by molar-refractivity contribution is 6.34. The van der Waals surface area contributed by atoms with Gasteiger partial charge in [0.15, 0.2) is 0 Å². The van der Waals surface area contributed by atoms with Gasteiger partial charge in [-0.15, -0.1) is 0 Å². The van der Waals surface area contributed by atoms with Crippen molar-refractivity contribution in [3.8, 4) is 0 Å². The summed E-state index contributed by atoms with van der Waals surface area (Å²) in [5.41, 5.74) is 3.49. The van der Waals surface area contributed by atoms with E-state index in [-0.39, 0.29) is 0 Å². The SMILES string of the molecule is CC(=CCl)C(Cl)=C(C)C. The Hall–Kier alpha value is 0.0600. The van der Waals surface area contributed by atoms with Crippen molar-refractivity contribution in [1.82, 2.24) is 0 Å². The Labute approximate surface area is 66.2 Å². The van der Waals surface area contributed by atoms with Crippen LogP contribution < -0.4 is 0 Å². The van der Waals surface area contributed by atoms with Gasteiger partial charge < -0.3 is 0 Å². The minimum absolute atomic E-state index is 0.755. The molecule has 0 fully saturated rings. The molecular weight excluding hydrogens is 155 g/mol. The van der Waals surface area contributed by atoms with Crippen molar-refractivity contribution < 1.29 is 0 Å². The summed E-state index contributed by atoms with van der Waals surface area (Å²) in [6.45, 7) is 5.78. The molecule has 0 aromatic rings. The minimum atomic E-state index is 0.755. The molecule has 0 aromatic heterocycles. The third-order valence-electron chi connectivity index (χ3n) is 0.949. The summed E-state index contributed by atoms with van der Waals surface area (Å²) in [5, 5.41) is 0.755. The van der Waals surface area contributed by atoms with Gasteiger partial charge in [0, 0.05) is 10.6 Å². The maximum absolute atomic E-state index is 5.79. The Kier molecular flexibility index (Phi) is 4.00. The summed E-state index contributed by atoms with van der Waals surface area (Å²) >= 11 is 11.2. The van der Waals surface area contributed by atoms with Crippen LogP contribution in [0.3, 0.4) is 0 Å². The van der Waals surface area contributed by atoms with E-state index in [9.17, 15) is 0 Å². The molecule has 52 valence electrons. The summed E-state index contributed by atoms with van der Waals surface area (Å²) in [6, 6.07) is 0. The minimum Gasteiger partial charge on any atom is -0.0926 e. The van der Waals surface area contributed by atoms with E-state index in [4.69, 9.17) is 23.2 Å². The molecule has 0 rings (SSSR count). The molecule has 0 radical (unpaired) electrons. The largest absolute Gasteiger partial charge is 0.0926 e. The van der Waals surface area contributed by atoms with Crippen LogP contribution in [0.25, 0.3) is 0 Å². The molecule has 0 heterocycles. The topological polar surface area (TPSA) is 0 Å². The Morgan fingerprint density at radius 1 is 1.22 bits per heavy atom. The molecule has 9 heavy (non-hydrogen) atoms. The lowest BCUT2D eigenvalue weighted by Crippen LogP contribution is -1.76. The zero-order valence-corrected chi connectivity index (χ0v) is 7.35. The van der Waals surface area contributed by atoms with Crippen molar-refractivity contribution >= 4 is 23.2 Å². The molecule has 0 saturated carbocycles. The molecule has 0 amide bonds. The molecule has 0 aliphatic carbocycles. The van der Waals surface area contributed by atoms with E-state index in [2.05, 4.69) is 0 Å². The summed E-state index contributed by atoms with van der Waals surface area (Å²) in [7, 11) is 0. The highest BCUT2D eigenvalue weighted by Gasteiger charge is 1.95. The van der Waals surface area contributed by atoms with Crippen molar-refractivity contribution in [2.45, 2.75) is 20.8 Å². The van der Waals surface area contributed by atoms with Gasteiger partial charge in [0.2, 0.25) is 0 Å². The fraction of sp³-hybridized carbons (Fsp3) is 0.429. The van der Waals surface area contributed by atoms with Gasteiger partial charge in [-0.3, -0.25) is 0 Å². The normalized spacial score (nSPS) is 11.4. The quantitative estimate of drug-likeness (QED) is 0.520. The molecule has 0 aliphatic heterocycles. The number of hydrogen-bond donors (Lipinski definition) is 0. The second-order valence-corrected chi connectivity index (χ2v) is 2.70. The van der Waals surface area contributed by atoms with Gasteiger partial charge in [0.25, 0.3) is 0 Å². The van der Waals surface area contributed by atoms with Gasteiger partial charge in [0.1, 0.15) is 0 Å². The first-order valence-corrected chi connectivity index (χ1v) is 3.51. The van der Waals surface area contributed by atoms with Crippen LogP contribution in [0.4, 0.5) is 0 Å². The highest BCUT2D eigenvalue weighted by atomic mass is 35.5. The van der Waals surface area contributed by atoms with E-state index in [0.29, 0.717) is 0 Å². The maximum Gasteiger partial charge on any atom is 0.0430 e. The average Bonchev–Trinajstić information content (AvgIpc) is 1.84.